The lowest BCUT2D eigenvalue weighted by Gasteiger charge is -2.20. The number of hydrazine groups is 1. The molecule has 16 heteroatoms. The van der Waals surface area contributed by atoms with E-state index >= 15 is 0 Å². The molecular weight excluding hydrogens is 500 g/mol. The highest BCUT2D eigenvalue weighted by atomic mass is 16.5. The average molecular weight is 527 g/mol. The highest BCUT2D eigenvalue weighted by Crippen LogP contribution is 2.19. The average Bonchev–Trinajstić information content (AvgIpc) is 2.89. The van der Waals surface area contributed by atoms with Crippen LogP contribution in [0.1, 0.15) is 28.9 Å². The first kappa shape index (κ1) is 27.5. The number of nitrogens with two attached hydrogens (primary N) is 3. The summed E-state index contributed by atoms with van der Waals surface area (Å²) in [6, 6.07) is 5.13. The van der Waals surface area contributed by atoms with E-state index in [9.17, 15) is 19.2 Å². The maximum absolute atomic E-state index is 12.7. The van der Waals surface area contributed by atoms with Crippen LogP contribution in [-0.4, -0.2) is 68.5 Å². The molecule has 0 saturated carbocycles. The van der Waals surface area contributed by atoms with E-state index in [1.165, 1.54) is 12.1 Å². The van der Waals surface area contributed by atoms with Gasteiger partial charge in [-0.1, -0.05) is 0 Å². The molecule has 1 atom stereocenters. The third-order valence-electron chi connectivity index (χ3n) is 5.21. The zero-order valence-corrected chi connectivity index (χ0v) is 20.2. The smallest absolute Gasteiger partial charge is 0.329 e. The van der Waals surface area contributed by atoms with Gasteiger partial charge in [0.15, 0.2) is 23.6 Å². The maximum atomic E-state index is 12.7. The van der Waals surface area contributed by atoms with Crippen LogP contribution in [-0.2, 0) is 25.7 Å². The van der Waals surface area contributed by atoms with Crippen LogP contribution in [0.5, 0.6) is 0 Å². The number of carboxylic acid groups (broad SMARTS) is 1. The number of amides is 2. The Bertz CT molecular complexity index is 1350. The molecule has 2 aromatic heterocycles. The Kier molecular flexibility index (Phi) is 8.83. The Labute approximate surface area is 215 Å². The minimum absolute atomic E-state index is 0.00221. The van der Waals surface area contributed by atoms with Gasteiger partial charge in [0.25, 0.3) is 11.8 Å². The van der Waals surface area contributed by atoms with Crippen molar-refractivity contribution in [2.75, 3.05) is 30.0 Å². The molecule has 0 aliphatic carbocycles. The number of hydrogen-bond donors (Lipinski definition) is 6. The summed E-state index contributed by atoms with van der Waals surface area (Å²) >= 11 is 0. The Morgan fingerprint density at radius 3 is 2.47 bits per heavy atom. The van der Waals surface area contributed by atoms with Crippen LogP contribution >= 0.6 is 0 Å². The fourth-order valence-corrected chi connectivity index (χ4v) is 3.30. The van der Waals surface area contributed by atoms with Crippen molar-refractivity contribution < 1.29 is 29.0 Å². The molecule has 0 spiro atoms. The number of esters is 1. The summed E-state index contributed by atoms with van der Waals surface area (Å²) < 4.78 is 4.79. The molecule has 0 fully saturated rings. The molecule has 200 valence electrons. The fourth-order valence-electron chi connectivity index (χ4n) is 3.30. The normalized spacial score (nSPS) is 11.4. The van der Waals surface area contributed by atoms with Crippen molar-refractivity contribution in [1.29, 1.82) is 0 Å². The van der Waals surface area contributed by atoms with Gasteiger partial charge in [0.05, 0.1) is 18.4 Å². The lowest BCUT2D eigenvalue weighted by Crippen LogP contribution is -2.43. The summed E-state index contributed by atoms with van der Waals surface area (Å²) in [6.07, 6.45) is 0.898. The lowest BCUT2D eigenvalue weighted by molar-refractivity contribution is -0.150. The zero-order valence-electron chi connectivity index (χ0n) is 20.2. The second kappa shape index (κ2) is 12.2. The van der Waals surface area contributed by atoms with E-state index in [-0.39, 0.29) is 29.4 Å². The minimum atomic E-state index is -1.29. The van der Waals surface area contributed by atoms with Gasteiger partial charge in [0, 0.05) is 24.7 Å². The van der Waals surface area contributed by atoms with Crippen LogP contribution in [0, 0.1) is 0 Å². The number of benzene rings is 1. The molecule has 38 heavy (non-hydrogen) atoms. The van der Waals surface area contributed by atoms with Crippen molar-refractivity contribution in [3.8, 4) is 0 Å². The number of nitrogens with one attached hydrogen (secondary N) is 2. The molecule has 0 aliphatic rings. The van der Waals surface area contributed by atoms with Crippen LogP contribution in [0.2, 0.25) is 0 Å². The largest absolute Gasteiger partial charge is 0.481 e. The van der Waals surface area contributed by atoms with Crippen molar-refractivity contribution in [2.24, 2.45) is 5.84 Å². The molecule has 0 radical (unpaired) electrons. The van der Waals surface area contributed by atoms with Crippen molar-refractivity contribution in [3.05, 3.63) is 41.7 Å². The molecule has 0 aliphatic heterocycles. The number of carbonyl (C=O) groups excluding carboxylic acids is 3. The SMILES string of the molecule is CN(Cc1cnc2nc(N)nc(N)c2n1)c1ccc(C(=O)NC(CCC(=O)O)C(=O)OCC(=O)NN)cc1. The molecule has 0 saturated heterocycles. The van der Waals surface area contributed by atoms with Gasteiger partial charge in [0.2, 0.25) is 5.95 Å². The predicted molar refractivity (Wildman–Crippen MR) is 134 cm³/mol. The number of nitrogens with zero attached hydrogens (tertiary/aromatic N) is 5. The first-order chi connectivity index (χ1) is 18.1. The maximum Gasteiger partial charge on any atom is 0.329 e. The number of hydrogen-bond acceptors (Lipinski definition) is 13. The quantitative estimate of drug-likeness (QED) is 0.0736. The second-order valence-corrected chi connectivity index (χ2v) is 8.04. The van der Waals surface area contributed by atoms with Crippen LogP contribution in [0.4, 0.5) is 17.5 Å². The summed E-state index contributed by atoms with van der Waals surface area (Å²) in [4.78, 5) is 65.6. The summed E-state index contributed by atoms with van der Waals surface area (Å²) in [5, 5.41) is 11.4. The molecule has 3 rings (SSSR count). The Morgan fingerprint density at radius 1 is 1.11 bits per heavy atom. The van der Waals surface area contributed by atoms with Crippen molar-refractivity contribution in [3.63, 3.8) is 0 Å². The van der Waals surface area contributed by atoms with E-state index in [2.05, 4.69) is 25.3 Å². The standard InChI is InChI=1S/C22H26N10O6/c1-32(9-12-8-26-19-17(27-12)18(23)29-22(24)30-19)13-4-2-11(3-5-13)20(36)28-14(6-7-16(34)35)21(37)38-10-15(33)31-25/h2-5,8,14H,6-7,9-10,25H2,1H3,(H,28,36)(H,31,33)(H,34,35)(H4,23,24,26,29,30). The monoisotopic (exact) mass is 526 g/mol. The van der Waals surface area contributed by atoms with Crippen molar-refractivity contribution in [2.45, 2.75) is 25.4 Å². The molecule has 1 unspecified atom stereocenters. The van der Waals surface area contributed by atoms with Gasteiger partial charge in [-0.05, 0) is 30.7 Å². The van der Waals surface area contributed by atoms with E-state index in [4.69, 9.17) is 27.2 Å². The molecule has 2 amide bonds. The molecule has 1 aromatic carbocycles. The van der Waals surface area contributed by atoms with E-state index < -0.39 is 42.8 Å². The summed E-state index contributed by atoms with van der Waals surface area (Å²) in [7, 11) is 1.80. The first-order valence-corrected chi connectivity index (χ1v) is 11.1. The van der Waals surface area contributed by atoms with Gasteiger partial charge in [0.1, 0.15) is 6.04 Å². The highest BCUT2D eigenvalue weighted by Gasteiger charge is 2.24. The molecule has 9 N–H and O–H groups in total. The molecule has 2 heterocycles. The van der Waals surface area contributed by atoms with Gasteiger partial charge in [-0.2, -0.15) is 9.97 Å². The van der Waals surface area contributed by atoms with E-state index in [1.54, 1.807) is 30.8 Å². The number of rotatable bonds is 11. The van der Waals surface area contributed by atoms with Gasteiger partial charge in [-0.3, -0.25) is 19.8 Å². The van der Waals surface area contributed by atoms with Gasteiger partial charge in [-0.15, -0.1) is 0 Å². The fraction of sp³-hybridized carbons (Fsp3) is 0.273. The number of carboxylic acids is 1. The zero-order chi connectivity index (χ0) is 27.8. The molecule has 3 aromatic rings. The van der Waals surface area contributed by atoms with Gasteiger partial charge in [-0.25, -0.2) is 20.6 Å². The number of carbonyl (C=O) groups is 4. The minimum Gasteiger partial charge on any atom is -0.481 e. The highest BCUT2D eigenvalue weighted by molar-refractivity contribution is 5.97. The molecule has 0 bridgehead atoms. The van der Waals surface area contributed by atoms with E-state index in [1.807, 2.05) is 4.90 Å². The predicted octanol–water partition coefficient (Wildman–Crippen LogP) is -1.28. The van der Waals surface area contributed by atoms with Crippen molar-refractivity contribution >= 4 is 52.4 Å². The Balaban J connectivity index is 1.66. The summed E-state index contributed by atoms with van der Waals surface area (Å²) in [6.45, 7) is -0.331. The number of aliphatic carboxylic acids is 1. The number of fused-ring (bicyclic) bond motifs is 1. The molecule has 16 nitrogen and oxygen atoms in total. The van der Waals surface area contributed by atoms with Crippen molar-refractivity contribution in [1.82, 2.24) is 30.7 Å². The third-order valence-corrected chi connectivity index (χ3v) is 5.21. The number of anilines is 3. The summed E-state index contributed by atoms with van der Waals surface area (Å²) in [5.41, 5.74) is 15.4. The van der Waals surface area contributed by atoms with Crippen LogP contribution in [0.25, 0.3) is 11.2 Å². The van der Waals surface area contributed by atoms with Crippen LogP contribution in [0.15, 0.2) is 30.5 Å². The third kappa shape index (κ3) is 7.20. The van der Waals surface area contributed by atoms with Crippen LogP contribution < -0.4 is 33.0 Å². The lowest BCUT2D eigenvalue weighted by atomic mass is 10.1. The summed E-state index contributed by atoms with van der Waals surface area (Å²) in [5.74, 6) is 1.52. The van der Waals surface area contributed by atoms with Gasteiger partial charge >= 0.3 is 11.9 Å². The molecular formula is C22H26N10O6. The number of aromatic nitrogens is 4. The first-order valence-electron chi connectivity index (χ1n) is 11.1. The Morgan fingerprint density at radius 2 is 1.82 bits per heavy atom. The topological polar surface area (TPSA) is 255 Å². The van der Waals surface area contributed by atoms with Gasteiger partial charge < -0.3 is 31.5 Å². The van der Waals surface area contributed by atoms with Crippen LogP contribution in [0.3, 0.4) is 0 Å². The number of ether oxygens (including phenoxy) is 1. The Hall–Kier alpha value is -5.12. The van der Waals surface area contributed by atoms with E-state index in [0.717, 1.165) is 5.69 Å². The second-order valence-electron chi connectivity index (χ2n) is 8.04. The number of nitrogen functional groups attached to an aromatic ring is 2. The van der Waals surface area contributed by atoms with E-state index in [0.29, 0.717) is 17.8 Å².